The van der Waals surface area contributed by atoms with E-state index >= 15 is 0 Å². The Morgan fingerprint density at radius 1 is 1.40 bits per heavy atom. The molecule has 1 heterocycles. The summed E-state index contributed by atoms with van der Waals surface area (Å²) >= 11 is 1.09. The quantitative estimate of drug-likeness (QED) is 0.590. The van der Waals surface area contributed by atoms with Gasteiger partial charge < -0.3 is 9.67 Å². The molecule has 0 aromatic carbocycles. The standard InChI is InChI=1S/C14H22N2O3S/c1-10(2)5-4-6-11(3)16-8-7-12(17)15-14(16)20-9-13(18)19/h7-8,10-11H,4-6,9H2,1-3H3,(H,18,19). The van der Waals surface area contributed by atoms with Crippen LogP contribution in [0.3, 0.4) is 0 Å². The number of aromatic nitrogens is 2. The number of hydrogen-bond acceptors (Lipinski definition) is 4. The summed E-state index contributed by atoms with van der Waals surface area (Å²) in [6.07, 6.45) is 4.96. The van der Waals surface area contributed by atoms with Gasteiger partial charge in [0.05, 0.1) is 5.75 Å². The summed E-state index contributed by atoms with van der Waals surface area (Å²) in [6.45, 7) is 6.46. The van der Waals surface area contributed by atoms with Crippen LogP contribution in [0, 0.1) is 5.92 Å². The van der Waals surface area contributed by atoms with Gasteiger partial charge in [-0.1, -0.05) is 38.5 Å². The van der Waals surface area contributed by atoms with Gasteiger partial charge in [0.15, 0.2) is 5.16 Å². The van der Waals surface area contributed by atoms with Gasteiger partial charge in [0.2, 0.25) is 0 Å². The van der Waals surface area contributed by atoms with Crippen molar-refractivity contribution in [3.63, 3.8) is 0 Å². The molecule has 6 heteroatoms. The third kappa shape index (κ3) is 5.77. The van der Waals surface area contributed by atoms with Crippen LogP contribution < -0.4 is 5.56 Å². The Hall–Kier alpha value is -1.30. The molecule has 5 nitrogen and oxygen atoms in total. The van der Waals surface area contributed by atoms with Gasteiger partial charge in [-0.3, -0.25) is 9.59 Å². The van der Waals surface area contributed by atoms with Gasteiger partial charge >= 0.3 is 5.97 Å². The Kier molecular flexibility index (Phi) is 6.78. The fourth-order valence-electron chi connectivity index (χ4n) is 1.93. The normalized spacial score (nSPS) is 12.6. The topological polar surface area (TPSA) is 72.2 Å². The minimum atomic E-state index is -0.910. The van der Waals surface area contributed by atoms with Gasteiger partial charge in [-0.15, -0.1) is 0 Å². The molecule has 0 bridgehead atoms. The Morgan fingerprint density at radius 2 is 2.10 bits per heavy atom. The van der Waals surface area contributed by atoms with Crippen molar-refractivity contribution >= 4 is 17.7 Å². The molecule has 0 aliphatic rings. The molecule has 20 heavy (non-hydrogen) atoms. The van der Waals surface area contributed by atoms with Gasteiger partial charge in [-0.05, 0) is 19.3 Å². The molecule has 0 aliphatic carbocycles. The largest absolute Gasteiger partial charge is 0.481 e. The van der Waals surface area contributed by atoms with E-state index in [-0.39, 0.29) is 17.4 Å². The van der Waals surface area contributed by atoms with Crippen LogP contribution in [0.5, 0.6) is 0 Å². The zero-order valence-corrected chi connectivity index (χ0v) is 13.0. The highest BCUT2D eigenvalue weighted by Crippen LogP contribution is 2.22. The molecule has 1 N–H and O–H groups in total. The van der Waals surface area contributed by atoms with Crippen molar-refractivity contribution in [1.82, 2.24) is 9.55 Å². The highest BCUT2D eigenvalue weighted by Gasteiger charge is 2.12. The number of thioether (sulfide) groups is 1. The molecule has 0 spiro atoms. The summed E-state index contributed by atoms with van der Waals surface area (Å²) in [5.74, 6) is -0.322. The van der Waals surface area contributed by atoms with Crippen molar-refractivity contribution in [2.75, 3.05) is 5.75 Å². The van der Waals surface area contributed by atoms with E-state index in [1.54, 1.807) is 6.20 Å². The number of carboxylic acid groups (broad SMARTS) is 1. The number of nitrogens with zero attached hydrogens (tertiary/aromatic N) is 2. The number of aliphatic carboxylic acids is 1. The molecule has 0 amide bonds. The number of carbonyl (C=O) groups is 1. The van der Waals surface area contributed by atoms with Crippen molar-refractivity contribution in [1.29, 1.82) is 0 Å². The molecule has 0 saturated carbocycles. The summed E-state index contributed by atoms with van der Waals surface area (Å²) in [5, 5.41) is 9.22. The zero-order valence-electron chi connectivity index (χ0n) is 12.2. The third-order valence-corrected chi connectivity index (χ3v) is 3.96. The molecule has 1 unspecified atom stereocenters. The molecule has 0 fully saturated rings. The van der Waals surface area contributed by atoms with E-state index in [1.165, 1.54) is 6.07 Å². The van der Waals surface area contributed by atoms with Crippen LogP contribution in [0.1, 0.15) is 46.1 Å². The lowest BCUT2D eigenvalue weighted by Gasteiger charge is -2.19. The number of carboxylic acids is 1. The first kappa shape index (κ1) is 16.8. The second-order valence-corrected chi connectivity index (χ2v) is 6.25. The molecule has 0 aliphatic heterocycles. The van der Waals surface area contributed by atoms with Crippen molar-refractivity contribution in [2.24, 2.45) is 5.92 Å². The summed E-state index contributed by atoms with van der Waals surface area (Å²) in [6, 6.07) is 1.63. The van der Waals surface area contributed by atoms with Gasteiger partial charge in [0.1, 0.15) is 0 Å². The van der Waals surface area contributed by atoms with Crippen molar-refractivity contribution in [3.05, 3.63) is 22.6 Å². The van der Waals surface area contributed by atoms with Crippen molar-refractivity contribution in [3.8, 4) is 0 Å². The van der Waals surface area contributed by atoms with Crippen molar-refractivity contribution in [2.45, 2.75) is 51.2 Å². The maximum atomic E-state index is 11.3. The first-order valence-electron chi connectivity index (χ1n) is 6.84. The summed E-state index contributed by atoms with van der Waals surface area (Å²) in [4.78, 5) is 25.9. The van der Waals surface area contributed by atoms with Gasteiger partial charge in [-0.25, -0.2) is 0 Å². The van der Waals surface area contributed by atoms with Crippen LogP contribution in [-0.4, -0.2) is 26.4 Å². The molecular weight excluding hydrogens is 276 g/mol. The van der Waals surface area contributed by atoms with E-state index < -0.39 is 5.97 Å². The molecule has 1 aromatic rings. The molecular formula is C14H22N2O3S. The maximum Gasteiger partial charge on any atom is 0.313 e. The molecule has 112 valence electrons. The second-order valence-electron chi connectivity index (χ2n) is 5.31. The molecule has 1 rings (SSSR count). The lowest BCUT2D eigenvalue weighted by atomic mass is 10.0. The Morgan fingerprint density at radius 3 is 2.70 bits per heavy atom. The van der Waals surface area contributed by atoms with Crippen LogP contribution in [0.4, 0.5) is 0 Å². The first-order chi connectivity index (χ1) is 9.40. The lowest BCUT2D eigenvalue weighted by molar-refractivity contribution is -0.133. The summed E-state index contributed by atoms with van der Waals surface area (Å²) < 4.78 is 1.90. The van der Waals surface area contributed by atoms with E-state index in [2.05, 4.69) is 25.8 Å². The highest BCUT2D eigenvalue weighted by molar-refractivity contribution is 7.99. The third-order valence-electron chi connectivity index (χ3n) is 3.01. The number of hydrogen-bond donors (Lipinski definition) is 1. The number of rotatable bonds is 8. The predicted molar refractivity (Wildman–Crippen MR) is 80.3 cm³/mol. The Bertz CT molecular complexity index is 499. The lowest BCUT2D eigenvalue weighted by Crippen LogP contribution is -2.17. The van der Waals surface area contributed by atoms with Crippen molar-refractivity contribution < 1.29 is 9.90 Å². The van der Waals surface area contributed by atoms with E-state index in [4.69, 9.17) is 5.11 Å². The summed E-state index contributed by atoms with van der Waals surface area (Å²) in [7, 11) is 0. The highest BCUT2D eigenvalue weighted by atomic mass is 32.2. The maximum absolute atomic E-state index is 11.3. The van der Waals surface area contributed by atoms with Gasteiger partial charge in [0.25, 0.3) is 5.56 Å². The predicted octanol–water partition coefficient (Wildman–Crippen LogP) is 2.81. The minimum Gasteiger partial charge on any atom is -0.481 e. The average Bonchev–Trinajstić information content (AvgIpc) is 2.35. The van der Waals surface area contributed by atoms with Crippen LogP contribution in [-0.2, 0) is 4.79 Å². The molecule has 0 saturated heterocycles. The summed E-state index contributed by atoms with van der Waals surface area (Å²) in [5.41, 5.74) is -0.330. The van der Waals surface area contributed by atoms with Crippen LogP contribution in [0.2, 0.25) is 0 Å². The average molecular weight is 298 g/mol. The monoisotopic (exact) mass is 298 g/mol. The van der Waals surface area contributed by atoms with E-state index in [0.29, 0.717) is 11.1 Å². The van der Waals surface area contributed by atoms with Crippen LogP contribution in [0.15, 0.2) is 22.2 Å². The first-order valence-corrected chi connectivity index (χ1v) is 7.82. The van der Waals surface area contributed by atoms with Crippen LogP contribution in [0.25, 0.3) is 0 Å². The van der Waals surface area contributed by atoms with Crippen LogP contribution >= 0.6 is 11.8 Å². The zero-order chi connectivity index (χ0) is 15.1. The van der Waals surface area contributed by atoms with E-state index in [0.717, 1.165) is 31.0 Å². The fourth-order valence-corrected chi connectivity index (χ4v) is 2.72. The Labute approximate surface area is 123 Å². The van der Waals surface area contributed by atoms with E-state index in [1.807, 2.05) is 4.57 Å². The minimum absolute atomic E-state index is 0.0881. The smallest absolute Gasteiger partial charge is 0.313 e. The SMILES string of the molecule is CC(C)CCCC(C)n1ccc(=O)nc1SCC(=O)O. The Balaban J connectivity index is 2.76. The molecule has 0 radical (unpaired) electrons. The second kappa shape index (κ2) is 8.09. The van der Waals surface area contributed by atoms with E-state index in [9.17, 15) is 9.59 Å². The molecule has 1 atom stereocenters. The van der Waals surface area contributed by atoms with Gasteiger partial charge in [0, 0.05) is 18.3 Å². The fraction of sp³-hybridized carbons (Fsp3) is 0.643. The molecule has 1 aromatic heterocycles. The van der Waals surface area contributed by atoms with Gasteiger partial charge in [-0.2, -0.15) is 4.98 Å².